The molecular formula is C17H31NO. The van der Waals surface area contributed by atoms with E-state index < -0.39 is 0 Å². The van der Waals surface area contributed by atoms with E-state index in [1.54, 1.807) is 0 Å². The van der Waals surface area contributed by atoms with Crippen LogP contribution in [0.3, 0.4) is 0 Å². The van der Waals surface area contributed by atoms with E-state index in [0.717, 1.165) is 31.6 Å². The third-order valence-corrected chi connectivity index (χ3v) is 5.79. The molecule has 0 unspecified atom stereocenters. The van der Waals surface area contributed by atoms with Gasteiger partial charge in [-0.3, -0.25) is 9.69 Å². The van der Waals surface area contributed by atoms with Gasteiger partial charge < -0.3 is 0 Å². The molecule has 0 atom stereocenters. The van der Waals surface area contributed by atoms with Crippen LogP contribution in [0.4, 0.5) is 0 Å². The second kappa shape index (κ2) is 6.39. The van der Waals surface area contributed by atoms with Crippen LogP contribution in [-0.4, -0.2) is 30.3 Å². The summed E-state index contributed by atoms with van der Waals surface area (Å²) in [6, 6.07) is 0. The molecule has 0 amide bonds. The number of likely N-dealkylation sites (N-methyl/N-ethyl adjacent to an activating group) is 1. The van der Waals surface area contributed by atoms with Gasteiger partial charge >= 0.3 is 0 Å². The minimum atomic E-state index is -0.123. The first-order valence-corrected chi connectivity index (χ1v) is 8.32. The fraction of sp³-hybridized carbons (Fsp3) is 0.941. The van der Waals surface area contributed by atoms with Crippen LogP contribution in [0.25, 0.3) is 0 Å². The number of hydrogen-bond acceptors (Lipinski definition) is 2. The standard InChI is InChI=1S/C17H31NO/c1-4-14-8-10-15(11-9-14)16(19)17(18(2)3)12-6-5-7-13-17/h14-15H,4-13H2,1-3H3. The molecule has 0 heterocycles. The normalized spacial score (nSPS) is 31.4. The van der Waals surface area contributed by atoms with Gasteiger partial charge in [-0.1, -0.05) is 32.6 Å². The highest BCUT2D eigenvalue weighted by Crippen LogP contribution is 2.39. The maximum Gasteiger partial charge on any atom is 0.156 e. The van der Waals surface area contributed by atoms with Crippen molar-refractivity contribution in [2.75, 3.05) is 14.1 Å². The predicted octanol–water partition coefficient (Wildman–Crippen LogP) is 4.04. The number of hydrogen-bond donors (Lipinski definition) is 0. The third-order valence-electron chi connectivity index (χ3n) is 5.79. The van der Waals surface area contributed by atoms with Crippen molar-refractivity contribution in [1.82, 2.24) is 4.90 Å². The van der Waals surface area contributed by atoms with E-state index in [-0.39, 0.29) is 5.54 Å². The van der Waals surface area contributed by atoms with Crippen LogP contribution in [0.1, 0.15) is 71.1 Å². The molecule has 0 N–H and O–H groups in total. The molecule has 19 heavy (non-hydrogen) atoms. The highest BCUT2D eigenvalue weighted by molar-refractivity contribution is 5.90. The summed E-state index contributed by atoms with van der Waals surface area (Å²) in [5.41, 5.74) is -0.123. The molecule has 0 radical (unpaired) electrons. The van der Waals surface area contributed by atoms with Crippen molar-refractivity contribution < 1.29 is 4.79 Å². The molecule has 2 rings (SSSR count). The second-order valence-electron chi connectivity index (χ2n) is 6.98. The van der Waals surface area contributed by atoms with Crippen molar-refractivity contribution >= 4 is 5.78 Å². The summed E-state index contributed by atoms with van der Waals surface area (Å²) in [6.45, 7) is 2.29. The van der Waals surface area contributed by atoms with Gasteiger partial charge in [0.25, 0.3) is 0 Å². The molecule has 0 aromatic carbocycles. The SMILES string of the molecule is CCC1CCC(C(=O)C2(N(C)C)CCCCC2)CC1. The summed E-state index contributed by atoms with van der Waals surface area (Å²) >= 11 is 0. The Labute approximate surface area is 118 Å². The number of carbonyl (C=O) groups is 1. The maximum absolute atomic E-state index is 13.1. The minimum absolute atomic E-state index is 0.123. The molecule has 2 fully saturated rings. The molecule has 2 nitrogen and oxygen atoms in total. The second-order valence-corrected chi connectivity index (χ2v) is 6.98. The average molecular weight is 265 g/mol. The molecule has 2 aliphatic carbocycles. The lowest BCUT2D eigenvalue weighted by molar-refractivity contribution is -0.137. The van der Waals surface area contributed by atoms with Gasteiger partial charge in [-0.15, -0.1) is 0 Å². The zero-order chi connectivity index (χ0) is 13.9. The molecule has 110 valence electrons. The summed E-state index contributed by atoms with van der Waals surface area (Å²) in [5.74, 6) is 1.81. The zero-order valence-corrected chi connectivity index (χ0v) is 13.1. The van der Waals surface area contributed by atoms with E-state index in [9.17, 15) is 4.79 Å². The third kappa shape index (κ3) is 3.04. The Balaban J connectivity index is 2.04. The summed E-state index contributed by atoms with van der Waals surface area (Å²) < 4.78 is 0. The van der Waals surface area contributed by atoms with Gasteiger partial charge in [0, 0.05) is 5.92 Å². The predicted molar refractivity (Wildman–Crippen MR) is 80.2 cm³/mol. The number of nitrogens with zero attached hydrogens (tertiary/aromatic N) is 1. The van der Waals surface area contributed by atoms with Crippen molar-refractivity contribution in [3.63, 3.8) is 0 Å². The summed E-state index contributed by atoms with van der Waals surface area (Å²) in [4.78, 5) is 15.3. The van der Waals surface area contributed by atoms with E-state index in [2.05, 4.69) is 25.9 Å². The molecule has 2 aliphatic rings. The first-order chi connectivity index (χ1) is 9.10. The van der Waals surface area contributed by atoms with Crippen molar-refractivity contribution in [1.29, 1.82) is 0 Å². The van der Waals surface area contributed by atoms with Gasteiger partial charge in [-0.05, 0) is 58.5 Å². The first-order valence-electron chi connectivity index (χ1n) is 8.32. The average Bonchev–Trinajstić information content (AvgIpc) is 2.47. The van der Waals surface area contributed by atoms with Crippen LogP contribution >= 0.6 is 0 Å². The number of rotatable bonds is 4. The van der Waals surface area contributed by atoms with Crippen LogP contribution in [0.15, 0.2) is 0 Å². The van der Waals surface area contributed by atoms with Gasteiger partial charge in [-0.25, -0.2) is 0 Å². The first kappa shape index (κ1) is 15.0. The highest BCUT2D eigenvalue weighted by atomic mass is 16.1. The fourth-order valence-corrected chi connectivity index (χ4v) is 4.26. The molecule has 0 spiro atoms. The Morgan fingerprint density at radius 1 is 1.05 bits per heavy atom. The molecule has 0 aromatic heterocycles. The Morgan fingerprint density at radius 3 is 2.11 bits per heavy atom. The molecule has 0 bridgehead atoms. The number of Topliss-reactive ketones (excluding diaryl/α,β-unsaturated/α-hetero) is 1. The Bertz CT molecular complexity index is 296. The van der Waals surface area contributed by atoms with Crippen molar-refractivity contribution in [2.45, 2.75) is 76.7 Å². The van der Waals surface area contributed by atoms with E-state index in [1.165, 1.54) is 38.5 Å². The summed E-state index contributed by atoms with van der Waals surface area (Å²) in [5, 5.41) is 0. The highest BCUT2D eigenvalue weighted by Gasteiger charge is 2.44. The van der Waals surface area contributed by atoms with E-state index in [1.807, 2.05) is 0 Å². The molecule has 0 aromatic rings. The lowest BCUT2D eigenvalue weighted by Gasteiger charge is -2.44. The van der Waals surface area contributed by atoms with Gasteiger partial charge in [0.1, 0.15) is 0 Å². The van der Waals surface area contributed by atoms with Gasteiger partial charge in [0.15, 0.2) is 5.78 Å². The molecule has 0 aliphatic heterocycles. The van der Waals surface area contributed by atoms with Crippen molar-refractivity contribution in [3.05, 3.63) is 0 Å². The lowest BCUT2D eigenvalue weighted by Crippen LogP contribution is -2.55. The number of ketones is 1. The van der Waals surface area contributed by atoms with Crippen molar-refractivity contribution in [3.8, 4) is 0 Å². The quantitative estimate of drug-likeness (QED) is 0.764. The van der Waals surface area contributed by atoms with Crippen LogP contribution in [0.5, 0.6) is 0 Å². The van der Waals surface area contributed by atoms with E-state index >= 15 is 0 Å². The lowest BCUT2D eigenvalue weighted by atomic mass is 9.69. The van der Waals surface area contributed by atoms with Crippen LogP contribution in [0.2, 0.25) is 0 Å². The van der Waals surface area contributed by atoms with Gasteiger partial charge in [0.05, 0.1) is 5.54 Å². The summed E-state index contributed by atoms with van der Waals surface area (Å²) in [7, 11) is 4.22. The van der Waals surface area contributed by atoms with Crippen LogP contribution in [-0.2, 0) is 4.79 Å². The Hall–Kier alpha value is -0.370. The largest absolute Gasteiger partial charge is 0.297 e. The molecule has 2 heteroatoms. The molecule has 2 saturated carbocycles. The topological polar surface area (TPSA) is 20.3 Å². The van der Waals surface area contributed by atoms with Crippen LogP contribution in [0, 0.1) is 11.8 Å². The fourth-order valence-electron chi connectivity index (χ4n) is 4.26. The molecule has 0 saturated heterocycles. The smallest absolute Gasteiger partial charge is 0.156 e. The summed E-state index contributed by atoms with van der Waals surface area (Å²) in [6.07, 6.45) is 12.1. The van der Waals surface area contributed by atoms with Gasteiger partial charge in [0.2, 0.25) is 0 Å². The zero-order valence-electron chi connectivity index (χ0n) is 13.1. The maximum atomic E-state index is 13.1. The Kier molecular flexibility index (Phi) is 5.05. The number of carbonyl (C=O) groups excluding carboxylic acids is 1. The van der Waals surface area contributed by atoms with Gasteiger partial charge in [-0.2, -0.15) is 0 Å². The monoisotopic (exact) mass is 265 g/mol. The Morgan fingerprint density at radius 2 is 1.63 bits per heavy atom. The van der Waals surface area contributed by atoms with Crippen molar-refractivity contribution in [2.24, 2.45) is 11.8 Å². The molecular weight excluding hydrogens is 234 g/mol. The van der Waals surface area contributed by atoms with E-state index in [0.29, 0.717) is 11.7 Å². The van der Waals surface area contributed by atoms with Crippen LogP contribution < -0.4 is 0 Å². The minimum Gasteiger partial charge on any atom is -0.297 e. The van der Waals surface area contributed by atoms with E-state index in [4.69, 9.17) is 0 Å².